The lowest BCUT2D eigenvalue weighted by Gasteiger charge is -2.22. The summed E-state index contributed by atoms with van der Waals surface area (Å²) in [4.78, 5) is 12.1. The third-order valence-electron chi connectivity index (χ3n) is 3.28. The van der Waals surface area contributed by atoms with Crippen molar-refractivity contribution in [2.24, 2.45) is 5.92 Å². The third kappa shape index (κ3) is 5.21. The molecule has 0 bridgehead atoms. The number of rotatable bonds is 8. The summed E-state index contributed by atoms with van der Waals surface area (Å²) in [6.07, 6.45) is 2.06. The summed E-state index contributed by atoms with van der Waals surface area (Å²) in [5.74, 6) is 0.486. The van der Waals surface area contributed by atoms with Crippen molar-refractivity contribution in [1.82, 2.24) is 10.6 Å². The van der Waals surface area contributed by atoms with Crippen molar-refractivity contribution in [2.45, 2.75) is 46.2 Å². The van der Waals surface area contributed by atoms with E-state index in [-0.39, 0.29) is 23.6 Å². The Labute approximate surface area is 121 Å². The van der Waals surface area contributed by atoms with E-state index in [1.807, 2.05) is 26.0 Å². The van der Waals surface area contributed by atoms with E-state index in [2.05, 4.69) is 17.6 Å². The molecule has 1 aromatic carbocycles. The molecule has 1 aromatic rings. The number of amides is 1. The van der Waals surface area contributed by atoms with E-state index in [9.17, 15) is 9.90 Å². The summed E-state index contributed by atoms with van der Waals surface area (Å²) in [6, 6.07) is 6.93. The maximum Gasteiger partial charge on any atom is 0.237 e. The van der Waals surface area contributed by atoms with Crippen molar-refractivity contribution in [2.75, 3.05) is 6.54 Å². The van der Waals surface area contributed by atoms with Crippen molar-refractivity contribution < 1.29 is 9.90 Å². The Kier molecular flexibility index (Phi) is 7.09. The first kappa shape index (κ1) is 16.5. The number of nitrogens with one attached hydrogen (secondary N) is 2. The minimum absolute atomic E-state index is 0.0314. The van der Waals surface area contributed by atoms with Crippen molar-refractivity contribution in [1.29, 1.82) is 0 Å². The van der Waals surface area contributed by atoms with Gasteiger partial charge in [0.05, 0.1) is 6.04 Å². The minimum Gasteiger partial charge on any atom is -0.508 e. The molecule has 4 nitrogen and oxygen atoms in total. The topological polar surface area (TPSA) is 61.4 Å². The van der Waals surface area contributed by atoms with Gasteiger partial charge in [0.15, 0.2) is 0 Å². The van der Waals surface area contributed by atoms with Crippen LogP contribution in [0.4, 0.5) is 0 Å². The molecule has 1 amide bonds. The van der Waals surface area contributed by atoms with Gasteiger partial charge in [-0.3, -0.25) is 4.79 Å². The van der Waals surface area contributed by atoms with Crippen LogP contribution in [0.3, 0.4) is 0 Å². The van der Waals surface area contributed by atoms with Crippen LogP contribution < -0.4 is 10.6 Å². The van der Waals surface area contributed by atoms with Crippen molar-refractivity contribution in [3.63, 3.8) is 0 Å². The first-order valence-electron chi connectivity index (χ1n) is 7.34. The van der Waals surface area contributed by atoms with Gasteiger partial charge in [-0.15, -0.1) is 0 Å². The monoisotopic (exact) mass is 278 g/mol. The lowest BCUT2D eigenvalue weighted by molar-refractivity contribution is -0.124. The normalized spacial score (nSPS) is 12.4. The van der Waals surface area contributed by atoms with Gasteiger partial charge >= 0.3 is 0 Å². The Hall–Kier alpha value is -1.55. The smallest absolute Gasteiger partial charge is 0.237 e. The van der Waals surface area contributed by atoms with Gasteiger partial charge in [-0.25, -0.2) is 0 Å². The molecule has 0 fully saturated rings. The second-order valence-corrected chi connectivity index (χ2v) is 5.38. The summed E-state index contributed by atoms with van der Waals surface area (Å²) in [6.45, 7) is 7.33. The number of carbonyl (C=O) groups is 1. The van der Waals surface area contributed by atoms with E-state index in [0.29, 0.717) is 6.54 Å². The highest BCUT2D eigenvalue weighted by Gasteiger charge is 2.21. The fourth-order valence-corrected chi connectivity index (χ4v) is 2.01. The lowest BCUT2D eigenvalue weighted by atomic mass is 10.0. The number of carbonyl (C=O) groups excluding carboxylic acids is 1. The van der Waals surface area contributed by atoms with Gasteiger partial charge in [-0.2, -0.15) is 0 Å². The van der Waals surface area contributed by atoms with Crippen LogP contribution in [0.1, 0.15) is 39.2 Å². The second-order valence-electron chi connectivity index (χ2n) is 5.38. The molecule has 0 saturated heterocycles. The Morgan fingerprint density at radius 3 is 2.60 bits per heavy atom. The quantitative estimate of drug-likeness (QED) is 0.640. The molecular formula is C16H26N2O2. The molecule has 0 radical (unpaired) electrons. The van der Waals surface area contributed by atoms with Crippen LogP contribution in [-0.2, 0) is 11.3 Å². The Balaban J connectivity index is 2.55. The fourth-order valence-electron chi connectivity index (χ4n) is 2.01. The Bertz CT molecular complexity index is 419. The largest absolute Gasteiger partial charge is 0.508 e. The number of hydrogen-bond donors (Lipinski definition) is 3. The number of phenols is 1. The number of para-hydroxylation sites is 1. The SMILES string of the molecule is CCCCNC(=O)[C@@H](NCc1ccccc1O)C(C)C. The van der Waals surface area contributed by atoms with Crippen molar-refractivity contribution in [3.8, 4) is 5.75 Å². The standard InChI is InChI=1S/C16H26N2O2/c1-4-5-10-17-16(20)15(12(2)3)18-11-13-8-6-7-9-14(13)19/h6-9,12,15,18-19H,4-5,10-11H2,1-3H3,(H,17,20)/t15-/m0/s1. The van der Waals surface area contributed by atoms with E-state index >= 15 is 0 Å². The highest BCUT2D eigenvalue weighted by Crippen LogP contribution is 2.15. The van der Waals surface area contributed by atoms with Gasteiger partial charge < -0.3 is 15.7 Å². The predicted octanol–water partition coefficient (Wildman–Crippen LogP) is 2.42. The van der Waals surface area contributed by atoms with Gasteiger partial charge in [0.25, 0.3) is 0 Å². The third-order valence-corrected chi connectivity index (χ3v) is 3.28. The number of benzene rings is 1. The summed E-state index contributed by atoms with van der Waals surface area (Å²) in [7, 11) is 0. The number of phenolic OH excluding ortho intramolecular Hbond substituents is 1. The molecule has 20 heavy (non-hydrogen) atoms. The Morgan fingerprint density at radius 1 is 1.30 bits per heavy atom. The van der Waals surface area contributed by atoms with E-state index in [4.69, 9.17) is 0 Å². The van der Waals surface area contributed by atoms with Gasteiger partial charge in [0, 0.05) is 18.7 Å². The molecule has 0 unspecified atom stereocenters. The van der Waals surface area contributed by atoms with Crippen molar-refractivity contribution >= 4 is 5.91 Å². The molecule has 0 aromatic heterocycles. The van der Waals surface area contributed by atoms with Gasteiger partial charge in [-0.1, -0.05) is 45.4 Å². The lowest BCUT2D eigenvalue weighted by Crippen LogP contribution is -2.47. The Morgan fingerprint density at radius 2 is 2.00 bits per heavy atom. The van der Waals surface area contributed by atoms with Crippen LogP contribution in [0.5, 0.6) is 5.75 Å². The molecule has 1 atom stereocenters. The molecule has 0 saturated carbocycles. The van der Waals surface area contributed by atoms with Crippen LogP contribution in [0.2, 0.25) is 0 Å². The van der Waals surface area contributed by atoms with E-state index in [1.54, 1.807) is 12.1 Å². The summed E-state index contributed by atoms with van der Waals surface area (Å²) in [5, 5.41) is 15.9. The molecule has 0 spiro atoms. The van der Waals surface area contributed by atoms with E-state index in [1.165, 1.54) is 0 Å². The zero-order valence-corrected chi connectivity index (χ0v) is 12.6. The van der Waals surface area contributed by atoms with E-state index in [0.717, 1.165) is 24.9 Å². The maximum absolute atomic E-state index is 12.1. The molecular weight excluding hydrogens is 252 g/mol. The average Bonchev–Trinajstić information content (AvgIpc) is 2.41. The molecule has 0 heterocycles. The number of aromatic hydroxyl groups is 1. The van der Waals surface area contributed by atoms with Crippen molar-refractivity contribution in [3.05, 3.63) is 29.8 Å². The molecule has 4 heteroatoms. The maximum atomic E-state index is 12.1. The van der Waals surface area contributed by atoms with Crippen LogP contribution in [0.25, 0.3) is 0 Å². The molecule has 0 aliphatic carbocycles. The van der Waals surface area contributed by atoms with E-state index < -0.39 is 0 Å². The van der Waals surface area contributed by atoms with Crippen LogP contribution in [0.15, 0.2) is 24.3 Å². The molecule has 0 aliphatic rings. The highest BCUT2D eigenvalue weighted by atomic mass is 16.3. The highest BCUT2D eigenvalue weighted by molar-refractivity contribution is 5.81. The van der Waals surface area contributed by atoms with Gasteiger partial charge in [0.1, 0.15) is 5.75 Å². The first-order chi connectivity index (χ1) is 9.56. The molecule has 112 valence electrons. The molecule has 0 aliphatic heterocycles. The van der Waals surface area contributed by atoms with Gasteiger partial charge in [-0.05, 0) is 18.4 Å². The predicted molar refractivity (Wildman–Crippen MR) is 81.5 cm³/mol. The van der Waals surface area contributed by atoms with Gasteiger partial charge in [0.2, 0.25) is 5.91 Å². The second kappa shape index (κ2) is 8.59. The molecule has 1 rings (SSSR count). The van der Waals surface area contributed by atoms with Crippen LogP contribution in [-0.4, -0.2) is 23.6 Å². The zero-order chi connectivity index (χ0) is 15.0. The summed E-state index contributed by atoms with van der Waals surface area (Å²) >= 11 is 0. The minimum atomic E-state index is -0.244. The fraction of sp³-hybridized carbons (Fsp3) is 0.562. The number of hydrogen-bond acceptors (Lipinski definition) is 3. The summed E-state index contributed by atoms with van der Waals surface area (Å²) < 4.78 is 0. The average molecular weight is 278 g/mol. The molecule has 3 N–H and O–H groups in total. The van der Waals surface area contributed by atoms with Crippen LogP contribution >= 0.6 is 0 Å². The first-order valence-corrected chi connectivity index (χ1v) is 7.34. The number of unbranched alkanes of at least 4 members (excludes halogenated alkanes) is 1. The zero-order valence-electron chi connectivity index (χ0n) is 12.6. The van der Waals surface area contributed by atoms with Crippen LogP contribution in [0, 0.1) is 5.92 Å². The summed E-state index contributed by atoms with van der Waals surface area (Å²) in [5.41, 5.74) is 0.805.